The molecule has 1 heterocycles. The second kappa shape index (κ2) is 9.97. The van der Waals surface area contributed by atoms with E-state index in [2.05, 4.69) is 20.9 Å². The standard InChI is InChI=1S/C22H21BClN5O3/c1-26-20(25)12-3-5-13(6-4-12)21(30)29-19-16(9-15(24)10-17(19)32-2)22(31)28-18-8-7-14(23)11-27-18/h3-11H,23H2,1-2H3,(H2,25,26)(H,29,30)(H,27,28,31). The van der Waals surface area contributed by atoms with Crippen molar-refractivity contribution in [3.63, 3.8) is 0 Å². The van der Waals surface area contributed by atoms with Crippen molar-refractivity contribution in [2.45, 2.75) is 0 Å². The van der Waals surface area contributed by atoms with Gasteiger partial charge in [-0.1, -0.05) is 35.3 Å². The van der Waals surface area contributed by atoms with Crippen molar-refractivity contribution < 1.29 is 14.3 Å². The summed E-state index contributed by atoms with van der Waals surface area (Å²) in [7, 11) is 4.96. The van der Waals surface area contributed by atoms with E-state index in [1.807, 2.05) is 13.9 Å². The molecule has 3 rings (SSSR count). The zero-order valence-corrected chi connectivity index (χ0v) is 18.5. The van der Waals surface area contributed by atoms with Gasteiger partial charge in [-0.15, -0.1) is 0 Å². The van der Waals surface area contributed by atoms with Gasteiger partial charge in [0.05, 0.1) is 18.4 Å². The Labute approximate surface area is 191 Å². The summed E-state index contributed by atoms with van der Waals surface area (Å²) >= 11 is 6.17. The summed E-state index contributed by atoms with van der Waals surface area (Å²) in [5.41, 5.74) is 2.24. The minimum absolute atomic E-state index is 0.124. The lowest BCUT2D eigenvalue weighted by Crippen LogP contribution is -2.20. The quantitative estimate of drug-likeness (QED) is 0.261. The van der Waals surface area contributed by atoms with Crippen molar-refractivity contribution >= 4 is 54.1 Å². The van der Waals surface area contributed by atoms with Crippen LogP contribution in [0.1, 0.15) is 26.3 Å². The van der Waals surface area contributed by atoms with Crippen LogP contribution in [0.3, 0.4) is 0 Å². The van der Waals surface area contributed by atoms with Gasteiger partial charge in [0.1, 0.15) is 25.2 Å². The van der Waals surface area contributed by atoms with Gasteiger partial charge >= 0.3 is 0 Å². The molecule has 2 amide bonds. The molecule has 1 aromatic heterocycles. The van der Waals surface area contributed by atoms with Gasteiger partial charge in [-0.2, -0.15) is 0 Å². The Bertz CT molecular complexity index is 1170. The minimum atomic E-state index is -0.504. The number of amides is 2. The van der Waals surface area contributed by atoms with Crippen LogP contribution in [0, 0.1) is 5.41 Å². The highest BCUT2D eigenvalue weighted by Gasteiger charge is 2.21. The molecular formula is C22H21BClN5O3. The third kappa shape index (κ3) is 5.25. The predicted octanol–water partition coefficient (Wildman–Crippen LogP) is 2.05. The molecule has 2 aromatic carbocycles. The molecule has 0 aliphatic carbocycles. The van der Waals surface area contributed by atoms with Crippen LogP contribution in [0.15, 0.2) is 54.7 Å². The lowest BCUT2D eigenvalue weighted by Gasteiger charge is -2.16. The number of pyridine rings is 1. The molecule has 10 heteroatoms. The number of anilines is 2. The third-order valence-electron chi connectivity index (χ3n) is 4.61. The number of nitrogens with zero attached hydrogens (tertiary/aromatic N) is 1. The molecule has 0 aliphatic heterocycles. The van der Waals surface area contributed by atoms with Crippen molar-refractivity contribution in [1.29, 1.82) is 5.41 Å². The van der Waals surface area contributed by atoms with Crippen LogP contribution in [-0.4, -0.2) is 44.6 Å². The maximum absolute atomic E-state index is 13.0. The number of halogens is 1. The number of ether oxygens (including phenoxy) is 1. The molecule has 0 atom stereocenters. The molecule has 32 heavy (non-hydrogen) atoms. The van der Waals surface area contributed by atoms with Crippen molar-refractivity contribution in [2.24, 2.45) is 0 Å². The summed E-state index contributed by atoms with van der Waals surface area (Å²) in [4.78, 5) is 30.0. The molecule has 0 saturated heterocycles. The number of hydrogen-bond acceptors (Lipinski definition) is 5. The van der Waals surface area contributed by atoms with E-state index in [0.717, 1.165) is 5.46 Å². The van der Waals surface area contributed by atoms with Crippen LogP contribution in [0.2, 0.25) is 5.02 Å². The topological polar surface area (TPSA) is 116 Å². The number of methoxy groups -OCH3 is 1. The maximum Gasteiger partial charge on any atom is 0.259 e. The number of rotatable bonds is 6. The molecule has 0 spiro atoms. The number of aromatic nitrogens is 1. The predicted molar refractivity (Wildman–Crippen MR) is 129 cm³/mol. The molecule has 4 N–H and O–H groups in total. The number of carbonyl (C=O) groups excluding carboxylic acids is 2. The first kappa shape index (κ1) is 22.8. The first-order valence-electron chi connectivity index (χ1n) is 9.62. The Hall–Kier alpha value is -3.85. The SMILES string of the molecule is Bc1ccc(NC(=O)c2cc(Cl)cc(OC)c2NC(=O)c2ccc(C(=N)NC)cc2)nc1. The Balaban J connectivity index is 1.91. The second-order valence-corrected chi connectivity index (χ2v) is 7.30. The van der Waals surface area contributed by atoms with E-state index < -0.39 is 11.8 Å². The van der Waals surface area contributed by atoms with Crippen molar-refractivity contribution in [3.8, 4) is 5.75 Å². The highest BCUT2D eigenvalue weighted by molar-refractivity contribution is 6.32. The Kier molecular flexibility index (Phi) is 7.12. The highest BCUT2D eigenvalue weighted by Crippen LogP contribution is 2.33. The molecule has 0 bridgehead atoms. The van der Waals surface area contributed by atoms with Crippen LogP contribution < -0.4 is 26.2 Å². The zero-order chi connectivity index (χ0) is 23.3. The average molecular weight is 450 g/mol. The average Bonchev–Trinajstić information content (AvgIpc) is 2.80. The monoisotopic (exact) mass is 449 g/mol. The van der Waals surface area contributed by atoms with E-state index in [-0.39, 0.29) is 27.9 Å². The summed E-state index contributed by atoms with van der Waals surface area (Å²) in [5, 5.41) is 16.2. The maximum atomic E-state index is 13.0. The van der Waals surface area contributed by atoms with Gasteiger partial charge in [0.25, 0.3) is 11.8 Å². The Morgan fingerprint density at radius 1 is 1.03 bits per heavy atom. The molecule has 0 fully saturated rings. The molecular weight excluding hydrogens is 429 g/mol. The number of nitrogens with one attached hydrogen (secondary N) is 4. The molecule has 0 saturated carbocycles. The molecule has 3 aromatic rings. The lowest BCUT2D eigenvalue weighted by atomic mass is 9.99. The van der Waals surface area contributed by atoms with Gasteiger partial charge in [0, 0.05) is 35.5 Å². The van der Waals surface area contributed by atoms with Crippen LogP contribution >= 0.6 is 11.6 Å². The highest BCUT2D eigenvalue weighted by atomic mass is 35.5. The smallest absolute Gasteiger partial charge is 0.259 e. The fraction of sp³-hybridized carbons (Fsp3) is 0.0909. The normalized spacial score (nSPS) is 10.2. The van der Waals surface area contributed by atoms with Gasteiger partial charge in [-0.3, -0.25) is 15.0 Å². The Morgan fingerprint density at radius 3 is 2.31 bits per heavy atom. The van der Waals surface area contributed by atoms with Crippen molar-refractivity contribution in [1.82, 2.24) is 10.3 Å². The van der Waals surface area contributed by atoms with Gasteiger partial charge in [-0.05, 0) is 24.3 Å². The van der Waals surface area contributed by atoms with E-state index in [1.165, 1.54) is 19.2 Å². The van der Waals surface area contributed by atoms with Crippen LogP contribution in [0.25, 0.3) is 0 Å². The Morgan fingerprint density at radius 2 is 1.72 bits per heavy atom. The number of carbonyl (C=O) groups is 2. The van der Waals surface area contributed by atoms with Crippen LogP contribution in [-0.2, 0) is 0 Å². The minimum Gasteiger partial charge on any atom is -0.494 e. The number of hydrogen-bond donors (Lipinski definition) is 4. The van der Waals surface area contributed by atoms with E-state index >= 15 is 0 Å². The summed E-state index contributed by atoms with van der Waals surface area (Å²) in [5.74, 6) is -0.119. The van der Waals surface area contributed by atoms with Gasteiger partial charge < -0.3 is 20.7 Å². The lowest BCUT2D eigenvalue weighted by molar-refractivity contribution is 0.102. The number of amidine groups is 1. The fourth-order valence-electron chi connectivity index (χ4n) is 2.89. The van der Waals surface area contributed by atoms with E-state index in [9.17, 15) is 9.59 Å². The number of benzene rings is 2. The van der Waals surface area contributed by atoms with E-state index in [1.54, 1.807) is 43.6 Å². The molecule has 0 unspecified atom stereocenters. The van der Waals surface area contributed by atoms with E-state index in [4.69, 9.17) is 21.7 Å². The summed E-state index contributed by atoms with van der Waals surface area (Å²) < 4.78 is 5.35. The fourth-order valence-corrected chi connectivity index (χ4v) is 3.10. The second-order valence-electron chi connectivity index (χ2n) is 6.86. The summed E-state index contributed by atoms with van der Waals surface area (Å²) in [6.45, 7) is 0. The molecule has 0 radical (unpaired) electrons. The van der Waals surface area contributed by atoms with Crippen molar-refractivity contribution in [2.75, 3.05) is 24.8 Å². The zero-order valence-electron chi connectivity index (χ0n) is 17.7. The summed E-state index contributed by atoms with van der Waals surface area (Å²) in [6, 6.07) is 13.0. The largest absolute Gasteiger partial charge is 0.494 e. The van der Waals surface area contributed by atoms with Crippen LogP contribution in [0.4, 0.5) is 11.5 Å². The van der Waals surface area contributed by atoms with Crippen LogP contribution in [0.5, 0.6) is 5.75 Å². The van der Waals surface area contributed by atoms with Gasteiger partial charge in [0.2, 0.25) is 0 Å². The third-order valence-corrected chi connectivity index (χ3v) is 4.83. The first-order valence-corrected chi connectivity index (χ1v) is 9.99. The summed E-state index contributed by atoms with van der Waals surface area (Å²) in [6.07, 6.45) is 1.63. The molecule has 8 nitrogen and oxygen atoms in total. The first-order chi connectivity index (χ1) is 15.3. The molecule has 162 valence electrons. The van der Waals surface area contributed by atoms with Gasteiger partial charge in [-0.25, -0.2) is 4.98 Å². The van der Waals surface area contributed by atoms with E-state index in [0.29, 0.717) is 16.9 Å². The molecule has 0 aliphatic rings. The van der Waals surface area contributed by atoms with Gasteiger partial charge in [0.15, 0.2) is 0 Å². The van der Waals surface area contributed by atoms with Crippen molar-refractivity contribution in [3.05, 3.63) is 76.4 Å².